The Bertz CT molecular complexity index is 611. The molecule has 0 saturated heterocycles. The minimum Gasteiger partial charge on any atom is -0.349 e. The maximum Gasteiger partial charge on any atom is 0.267 e. The maximum absolute atomic E-state index is 12.4. The SMILES string of the molecule is CCN(CC)C(CNC(=O)C1=NN(C)C(=O)CC1)Cc1ccccc1. The van der Waals surface area contributed by atoms with Gasteiger partial charge in [0, 0.05) is 32.5 Å². The molecule has 0 radical (unpaired) electrons. The Morgan fingerprint density at radius 3 is 2.52 bits per heavy atom. The highest BCUT2D eigenvalue weighted by atomic mass is 16.2. The Kier molecular flexibility index (Phi) is 7.13. The summed E-state index contributed by atoms with van der Waals surface area (Å²) < 4.78 is 0. The molecule has 1 aliphatic rings. The number of rotatable bonds is 8. The van der Waals surface area contributed by atoms with Gasteiger partial charge in [0.15, 0.2) is 0 Å². The van der Waals surface area contributed by atoms with Crippen LogP contribution in [-0.4, -0.2) is 60.2 Å². The summed E-state index contributed by atoms with van der Waals surface area (Å²) in [5.74, 6) is -0.230. The molecule has 0 spiro atoms. The van der Waals surface area contributed by atoms with Gasteiger partial charge in [0.1, 0.15) is 5.71 Å². The lowest BCUT2D eigenvalue weighted by atomic mass is 10.0. The highest BCUT2D eigenvalue weighted by Gasteiger charge is 2.23. The normalized spacial score (nSPS) is 15.9. The van der Waals surface area contributed by atoms with Crippen LogP contribution in [0.4, 0.5) is 0 Å². The Morgan fingerprint density at radius 2 is 1.92 bits per heavy atom. The Hall–Kier alpha value is -2.21. The van der Waals surface area contributed by atoms with Crippen LogP contribution < -0.4 is 5.32 Å². The van der Waals surface area contributed by atoms with Crippen LogP contribution in [0.1, 0.15) is 32.3 Å². The van der Waals surface area contributed by atoms with Crippen molar-refractivity contribution in [3.8, 4) is 0 Å². The summed E-state index contributed by atoms with van der Waals surface area (Å²) in [5.41, 5.74) is 1.69. The molecule has 2 amide bonds. The van der Waals surface area contributed by atoms with E-state index in [1.54, 1.807) is 7.05 Å². The van der Waals surface area contributed by atoms with Gasteiger partial charge in [-0.15, -0.1) is 0 Å². The largest absolute Gasteiger partial charge is 0.349 e. The van der Waals surface area contributed by atoms with Crippen LogP contribution in [0, 0.1) is 0 Å². The Balaban J connectivity index is 2.00. The number of nitrogens with zero attached hydrogens (tertiary/aromatic N) is 3. The van der Waals surface area contributed by atoms with Crippen LogP contribution in [0.5, 0.6) is 0 Å². The van der Waals surface area contributed by atoms with E-state index in [0.717, 1.165) is 19.5 Å². The van der Waals surface area contributed by atoms with Gasteiger partial charge >= 0.3 is 0 Å². The zero-order valence-corrected chi connectivity index (χ0v) is 15.4. The highest BCUT2D eigenvalue weighted by Crippen LogP contribution is 2.10. The fourth-order valence-electron chi connectivity index (χ4n) is 3.10. The first kappa shape index (κ1) is 19.1. The molecule has 1 heterocycles. The molecule has 0 aliphatic carbocycles. The standard InChI is InChI=1S/C19H28N4O2/c1-4-23(5-2)16(13-15-9-7-6-8-10-15)14-20-19(25)17-11-12-18(24)22(3)21-17/h6-10,16H,4-5,11-14H2,1-3H3,(H,20,25). The molecule has 6 heteroatoms. The van der Waals surface area contributed by atoms with Gasteiger partial charge in [0.2, 0.25) is 5.91 Å². The van der Waals surface area contributed by atoms with Crippen LogP contribution in [0.15, 0.2) is 35.4 Å². The highest BCUT2D eigenvalue weighted by molar-refractivity contribution is 6.39. The van der Waals surface area contributed by atoms with Gasteiger partial charge in [0.25, 0.3) is 5.91 Å². The number of carbonyl (C=O) groups is 2. The van der Waals surface area contributed by atoms with Gasteiger partial charge in [-0.3, -0.25) is 14.5 Å². The van der Waals surface area contributed by atoms with Crippen LogP contribution >= 0.6 is 0 Å². The van der Waals surface area contributed by atoms with Crippen molar-refractivity contribution in [2.45, 2.75) is 39.2 Å². The van der Waals surface area contributed by atoms with Crippen molar-refractivity contribution >= 4 is 17.5 Å². The molecular weight excluding hydrogens is 316 g/mol. The molecule has 0 bridgehead atoms. The third-order valence-corrected chi connectivity index (χ3v) is 4.61. The van der Waals surface area contributed by atoms with E-state index >= 15 is 0 Å². The topological polar surface area (TPSA) is 65.0 Å². The van der Waals surface area contributed by atoms with Crippen molar-refractivity contribution in [1.82, 2.24) is 15.2 Å². The van der Waals surface area contributed by atoms with Crippen molar-refractivity contribution in [2.24, 2.45) is 5.10 Å². The lowest BCUT2D eigenvalue weighted by Gasteiger charge is -2.30. The van der Waals surface area contributed by atoms with E-state index in [2.05, 4.69) is 41.3 Å². The van der Waals surface area contributed by atoms with Gasteiger partial charge in [-0.05, 0) is 25.1 Å². The second-order valence-electron chi connectivity index (χ2n) is 6.24. The molecule has 25 heavy (non-hydrogen) atoms. The van der Waals surface area contributed by atoms with Gasteiger partial charge < -0.3 is 5.32 Å². The molecule has 2 rings (SSSR count). The van der Waals surface area contributed by atoms with Crippen molar-refractivity contribution in [3.05, 3.63) is 35.9 Å². The summed E-state index contributed by atoms with van der Waals surface area (Å²) in [6.45, 7) is 6.69. The number of carbonyl (C=O) groups excluding carboxylic acids is 2. The predicted octanol–water partition coefficient (Wildman–Crippen LogP) is 1.66. The van der Waals surface area contributed by atoms with E-state index in [0.29, 0.717) is 25.1 Å². The van der Waals surface area contributed by atoms with Crippen LogP contribution in [0.3, 0.4) is 0 Å². The Labute approximate surface area is 149 Å². The third-order valence-electron chi connectivity index (χ3n) is 4.61. The summed E-state index contributed by atoms with van der Waals surface area (Å²) in [4.78, 5) is 26.2. The van der Waals surface area contributed by atoms with E-state index in [4.69, 9.17) is 0 Å². The van der Waals surface area contributed by atoms with Crippen LogP contribution in [0.25, 0.3) is 0 Å². The minimum atomic E-state index is -0.176. The summed E-state index contributed by atoms with van der Waals surface area (Å²) in [7, 11) is 1.59. The lowest BCUT2D eigenvalue weighted by Crippen LogP contribution is -2.47. The summed E-state index contributed by atoms with van der Waals surface area (Å²) in [5, 5.41) is 8.35. The monoisotopic (exact) mass is 344 g/mol. The van der Waals surface area contributed by atoms with E-state index in [1.807, 2.05) is 18.2 Å². The number of hydrogen-bond donors (Lipinski definition) is 1. The molecular formula is C19H28N4O2. The summed E-state index contributed by atoms with van der Waals surface area (Å²) >= 11 is 0. The fraction of sp³-hybridized carbons (Fsp3) is 0.526. The molecule has 0 saturated carbocycles. The van der Waals surface area contributed by atoms with E-state index < -0.39 is 0 Å². The quantitative estimate of drug-likeness (QED) is 0.780. The zero-order valence-electron chi connectivity index (χ0n) is 15.4. The number of amides is 2. The number of hydrazone groups is 1. The molecule has 136 valence electrons. The number of nitrogens with one attached hydrogen (secondary N) is 1. The minimum absolute atomic E-state index is 0.0540. The average molecular weight is 344 g/mol. The van der Waals surface area contributed by atoms with Gasteiger partial charge in [-0.25, -0.2) is 5.01 Å². The first-order chi connectivity index (χ1) is 12.0. The van der Waals surface area contributed by atoms with E-state index in [9.17, 15) is 9.59 Å². The number of hydrogen-bond acceptors (Lipinski definition) is 4. The van der Waals surface area contributed by atoms with Gasteiger partial charge in [-0.2, -0.15) is 5.10 Å². The smallest absolute Gasteiger partial charge is 0.267 e. The van der Waals surface area contributed by atoms with Crippen molar-refractivity contribution in [3.63, 3.8) is 0 Å². The second kappa shape index (κ2) is 9.32. The molecule has 6 nitrogen and oxygen atoms in total. The first-order valence-electron chi connectivity index (χ1n) is 8.95. The van der Waals surface area contributed by atoms with Crippen molar-refractivity contribution in [2.75, 3.05) is 26.7 Å². The second-order valence-corrected chi connectivity index (χ2v) is 6.24. The van der Waals surface area contributed by atoms with Crippen LogP contribution in [0.2, 0.25) is 0 Å². The van der Waals surface area contributed by atoms with Crippen LogP contribution in [-0.2, 0) is 16.0 Å². The maximum atomic E-state index is 12.4. The zero-order chi connectivity index (χ0) is 18.2. The van der Waals surface area contributed by atoms with Crippen molar-refractivity contribution in [1.29, 1.82) is 0 Å². The third kappa shape index (κ3) is 5.39. The first-order valence-corrected chi connectivity index (χ1v) is 8.95. The van der Waals surface area contributed by atoms with Gasteiger partial charge in [0.05, 0.1) is 0 Å². The molecule has 1 aromatic carbocycles. The molecule has 0 fully saturated rings. The molecule has 1 atom stereocenters. The van der Waals surface area contributed by atoms with E-state index in [-0.39, 0.29) is 17.9 Å². The Morgan fingerprint density at radius 1 is 1.24 bits per heavy atom. The number of likely N-dealkylation sites (N-methyl/N-ethyl adjacent to an activating group) is 1. The van der Waals surface area contributed by atoms with Crippen molar-refractivity contribution < 1.29 is 9.59 Å². The lowest BCUT2D eigenvalue weighted by molar-refractivity contribution is -0.130. The summed E-state index contributed by atoms with van der Waals surface area (Å²) in [6.07, 6.45) is 1.63. The number of benzene rings is 1. The molecule has 1 aliphatic heterocycles. The predicted molar refractivity (Wildman–Crippen MR) is 99.3 cm³/mol. The fourth-order valence-corrected chi connectivity index (χ4v) is 3.10. The molecule has 1 unspecified atom stereocenters. The molecule has 1 aromatic rings. The average Bonchev–Trinajstić information content (AvgIpc) is 2.63. The van der Waals surface area contributed by atoms with Gasteiger partial charge in [-0.1, -0.05) is 44.2 Å². The molecule has 0 aromatic heterocycles. The molecule has 1 N–H and O–H groups in total. The summed E-state index contributed by atoms with van der Waals surface area (Å²) in [6, 6.07) is 10.5. The van der Waals surface area contributed by atoms with E-state index in [1.165, 1.54) is 10.6 Å².